The van der Waals surface area contributed by atoms with E-state index in [0.717, 1.165) is 6.07 Å². The molecule has 1 aliphatic carbocycles. The van der Waals surface area contributed by atoms with E-state index in [1.54, 1.807) is 0 Å². The number of hydrogen-bond donors (Lipinski definition) is 1. The summed E-state index contributed by atoms with van der Waals surface area (Å²) in [7, 11) is 0. The lowest BCUT2D eigenvalue weighted by Gasteiger charge is -1.97. The maximum Gasteiger partial charge on any atom is 0.232 e. The molecular formula is C14H12FN3O2. The molecule has 1 aliphatic rings. The van der Waals surface area contributed by atoms with E-state index in [9.17, 15) is 4.39 Å². The van der Waals surface area contributed by atoms with Crippen LogP contribution in [-0.2, 0) is 0 Å². The molecule has 0 amide bonds. The Balaban J connectivity index is 1.92. The zero-order valence-corrected chi connectivity index (χ0v) is 11.0. The third kappa shape index (κ3) is 1.74. The van der Waals surface area contributed by atoms with E-state index in [0.29, 0.717) is 11.5 Å². The molecule has 1 N–H and O–H groups in total. The van der Waals surface area contributed by atoms with E-state index in [4.69, 9.17) is 14.9 Å². The number of nitriles is 1. The molecule has 0 spiro atoms. The second kappa shape index (κ2) is 4.04. The van der Waals surface area contributed by atoms with Crippen LogP contribution in [-0.4, -0.2) is 15.2 Å². The molecule has 2 unspecified atom stereocenters. The first-order valence-corrected chi connectivity index (χ1v) is 6.17. The van der Waals surface area contributed by atoms with Crippen molar-refractivity contribution in [3.8, 4) is 23.2 Å². The smallest absolute Gasteiger partial charge is 0.232 e. The second-order valence-electron chi connectivity index (χ2n) is 5.53. The molecule has 2 atom stereocenters. The van der Waals surface area contributed by atoms with Gasteiger partial charge in [0.15, 0.2) is 11.6 Å². The van der Waals surface area contributed by atoms with Crippen LogP contribution < -0.4 is 0 Å². The van der Waals surface area contributed by atoms with Crippen molar-refractivity contribution in [2.24, 2.45) is 11.3 Å². The fourth-order valence-corrected chi connectivity index (χ4v) is 2.46. The van der Waals surface area contributed by atoms with Gasteiger partial charge in [0.05, 0.1) is 17.9 Å². The highest BCUT2D eigenvalue weighted by atomic mass is 19.1. The zero-order chi connectivity index (χ0) is 14.5. The Hall–Kier alpha value is -2.42. The van der Waals surface area contributed by atoms with Gasteiger partial charge in [0.1, 0.15) is 0 Å². The summed E-state index contributed by atoms with van der Waals surface area (Å²) in [4.78, 5) is 4.23. The molecule has 102 valence electrons. The Morgan fingerprint density at radius 3 is 2.80 bits per heavy atom. The molecule has 0 saturated heterocycles. The first kappa shape index (κ1) is 12.6. The van der Waals surface area contributed by atoms with Crippen molar-refractivity contribution in [2.45, 2.75) is 19.8 Å². The molecule has 2 aromatic rings. The minimum absolute atomic E-state index is 0.0873. The molecule has 1 aromatic heterocycles. The maximum atomic E-state index is 13.3. The van der Waals surface area contributed by atoms with Crippen molar-refractivity contribution in [1.29, 1.82) is 5.26 Å². The maximum absolute atomic E-state index is 13.3. The third-order valence-corrected chi connectivity index (χ3v) is 3.88. The van der Waals surface area contributed by atoms with Crippen LogP contribution in [0, 0.1) is 28.5 Å². The fraction of sp³-hybridized carbons (Fsp3) is 0.357. The predicted molar refractivity (Wildman–Crippen MR) is 67.0 cm³/mol. The number of nitrogens with zero attached hydrogens (tertiary/aromatic N) is 3. The number of halogens is 1. The van der Waals surface area contributed by atoms with Crippen LogP contribution in [0.15, 0.2) is 22.7 Å². The Labute approximate surface area is 114 Å². The van der Waals surface area contributed by atoms with Crippen LogP contribution in [0.3, 0.4) is 0 Å². The number of rotatable bonds is 2. The number of hydrogen-bond acceptors (Lipinski definition) is 5. The highest BCUT2D eigenvalue weighted by Crippen LogP contribution is 2.63. The van der Waals surface area contributed by atoms with Crippen LogP contribution in [0.5, 0.6) is 5.75 Å². The van der Waals surface area contributed by atoms with Crippen molar-refractivity contribution in [1.82, 2.24) is 10.1 Å². The minimum atomic E-state index is -0.740. The fourth-order valence-electron chi connectivity index (χ4n) is 2.46. The molecule has 1 heterocycles. The number of phenolic OH excluding ortho intramolecular Hbond substituents is 1. The molecule has 0 aliphatic heterocycles. The van der Waals surface area contributed by atoms with Crippen LogP contribution in [0.1, 0.15) is 25.7 Å². The topological polar surface area (TPSA) is 82.9 Å². The van der Waals surface area contributed by atoms with E-state index >= 15 is 0 Å². The first-order chi connectivity index (χ1) is 9.45. The summed E-state index contributed by atoms with van der Waals surface area (Å²) < 4.78 is 18.5. The molecule has 0 bridgehead atoms. The van der Waals surface area contributed by atoms with E-state index < -0.39 is 11.6 Å². The van der Waals surface area contributed by atoms with Crippen LogP contribution in [0.2, 0.25) is 0 Å². The van der Waals surface area contributed by atoms with Crippen molar-refractivity contribution in [2.75, 3.05) is 0 Å². The summed E-state index contributed by atoms with van der Waals surface area (Å²) in [5.74, 6) is -0.757. The lowest BCUT2D eigenvalue weighted by atomic mass is 10.1. The Morgan fingerprint density at radius 2 is 2.20 bits per heavy atom. The molecule has 3 rings (SSSR count). The van der Waals surface area contributed by atoms with Crippen molar-refractivity contribution < 1.29 is 14.0 Å². The first-order valence-electron chi connectivity index (χ1n) is 6.17. The lowest BCUT2D eigenvalue weighted by Crippen LogP contribution is -1.90. The third-order valence-electron chi connectivity index (χ3n) is 3.88. The SMILES string of the molecule is CC1(C)C(C#N)C1c1nc(-c2ccc(O)c(F)c2)no1. The van der Waals surface area contributed by atoms with Gasteiger partial charge in [0.2, 0.25) is 11.7 Å². The van der Waals surface area contributed by atoms with Crippen molar-refractivity contribution >= 4 is 0 Å². The number of aromatic hydroxyl groups is 1. The quantitative estimate of drug-likeness (QED) is 0.909. The molecule has 1 fully saturated rings. The summed E-state index contributed by atoms with van der Waals surface area (Å²) in [5, 5.41) is 22.0. The van der Waals surface area contributed by atoms with Gasteiger partial charge in [-0.25, -0.2) is 4.39 Å². The van der Waals surface area contributed by atoms with Gasteiger partial charge >= 0.3 is 0 Å². The summed E-state index contributed by atoms with van der Waals surface area (Å²) in [5.41, 5.74) is 0.237. The van der Waals surface area contributed by atoms with Gasteiger partial charge in [0, 0.05) is 5.56 Å². The van der Waals surface area contributed by atoms with Gasteiger partial charge in [-0.3, -0.25) is 0 Å². The molecule has 20 heavy (non-hydrogen) atoms. The van der Waals surface area contributed by atoms with Crippen LogP contribution in [0.4, 0.5) is 4.39 Å². The van der Waals surface area contributed by atoms with Gasteiger partial charge in [-0.2, -0.15) is 10.2 Å². The van der Waals surface area contributed by atoms with Gasteiger partial charge < -0.3 is 9.63 Å². The summed E-state index contributed by atoms with van der Waals surface area (Å²) in [6.07, 6.45) is 0. The van der Waals surface area contributed by atoms with Crippen molar-refractivity contribution in [3.05, 3.63) is 29.9 Å². The monoisotopic (exact) mass is 273 g/mol. The number of benzene rings is 1. The second-order valence-corrected chi connectivity index (χ2v) is 5.53. The Bertz CT molecular complexity index is 717. The largest absolute Gasteiger partial charge is 0.505 e. The zero-order valence-electron chi connectivity index (χ0n) is 11.0. The minimum Gasteiger partial charge on any atom is -0.505 e. The highest BCUT2D eigenvalue weighted by molar-refractivity contribution is 5.56. The molecule has 1 aromatic carbocycles. The van der Waals surface area contributed by atoms with E-state index in [2.05, 4.69) is 16.2 Å². The van der Waals surface area contributed by atoms with Gasteiger partial charge in [-0.1, -0.05) is 19.0 Å². The van der Waals surface area contributed by atoms with Gasteiger partial charge in [-0.15, -0.1) is 0 Å². The molecule has 0 radical (unpaired) electrons. The molecule has 5 nitrogen and oxygen atoms in total. The highest BCUT2D eigenvalue weighted by Gasteiger charge is 2.62. The molecular weight excluding hydrogens is 261 g/mol. The predicted octanol–water partition coefficient (Wildman–Crippen LogP) is 2.84. The van der Waals surface area contributed by atoms with E-state index in [1.807, 2.05) is 13.8 Å². The van der Waals surface area contributed by atoms with Crippen LogP contribution in [0.25, 0.3) is 11.4 Å². The molecule has 1 saturated carbocycles. The standard InChI is InChI=1S/C14H12FN3O2/c1-14(2)8(6-16)11(14)13-17-12(18-20-13)7-3-4-10(19)9(15)5-7/h3-5,8,11,19H,1-2H3. The Kier molecular flexibility index (Phi) is 2.54. The van der Waals surface area contributed by atoms with Crippen LogP contribution >= 0.6 is 0 Å². The van der Waals surface area contributed by atoms with Gasteiger partial charge in [-0.05, 0) is 23.6 Å². The van der Waals surface area contributed by atoms with Gasteiger partial charge in [0.25, 0.3) is 0 Å². The number of phenols is 1. The van der Waals surface area contributed by atoms with E-state index in [1.165, 1.54) is 12.1 Å². The van der Waals surface area contributed by atoms with E-state index in [-0.39, 0.29) is 23.1 Å². The summed E-state index contributed by atoms with van der Waals surface area (Å²) in [6, 6.07) is 6.11. The normalized spacial score (nSPS) is 23.3. The average molecular weight is 273 g/mol. The Morgan fingerprint density at radius 1 is 1.45 bits per heavy atom. The lowest BCUT2D eigenvalue weighted by molar-refractivity contribution is 0.368. The summed E-state index contributed by atoms with van der Waals surface area (Å²) in [6.45, 7) is 3.94. The summed E-state index contributed by atoms with van der Waals surface area (Å²) >= 11 is 0. The molecule has 6 heteroatoms. The average Bonchev–Trinajstić information content (AvgIpc) is 2.76. The number of aromatic nitrogens is 2. The van der Waals surface area contributed by atoms with Crippen molar-refractivity contribution in [3.63, 3.8) is 0 Å².